The third-order valence-corrected chi connectivity index (χ3v) is 2.04. The minimum Gasteiger partial charge on any atom is -0.333 e. The minimum atomic E-state index is 1.34. The fraction of sp³-hybridized carbons (Fsp3) is 0.368. The zero-order valence-corrected chi connectivity index (χ0v) is 14.2. The number of hydrogen-bond donors (Lipinski definition) is 2. The van der Waals surface area contributed by atoms with E-state index < -0.39 is 0 Å². The van der Waals surface area contributed by atoms with Crippen molar-refractivity contribution in [1.29, 1.82) is 0 Å². The van der Waals surface area contributed by atoms with E-state index in [9.17, 15) is 0 Å². The van der Waals surface area contributed by atoms with E-state index in [1.54, 1.807) is 0 Å². The van der Waals surface area contributed by atoms with Crippen LogP contribution in [0.4, 0.5) is 0 Å². The smallest absolute Gasteiger partial charge is 0.0195 e. The fourth-order valence-electron chi connectivity index (χ4n) is 1.12. The van der Waals surface area contributed by atoms with Gasteiger partial charge >= 0.3 is 0 Å². The molecule has 0 aliphatic carbocycles. The SMILES string of the molecule is CCCCC.CN.CN.c1ccccc1.c1ccccc1. The Morgan fingerprint density at radius 2 is 0.571 bits per heavy atom. The first-order valence-electron chi connectivity index (χ1n) is 7.57. The van der Waals surface area contributed by atoms with Crippen LogP contribution < -0.4 is 11.5 Å². The third kappa shape index (κ3) is 32.2. The zero-order valence-electron chi connectivity index (χ0n) is 14.2. The van der Waals surface area contributed by atoms with Gasteiger partial charge in [0.25, 0.3) is 0 Å². The molecule has 2 aromatic carbocycles. The molecule has 0 spiro atoms. The third-order valence-electron chi connectivity index (χ3n) is 2.04. The van der Waals surface area contributed by atoms with Crippen LogP contribution in [0.1, 0.15) is 33.1 Å². The first kappa shape index (κ1) is 24.4. The standard InChI is InChI=1S/2C6H6.C5H12.2CH5N/c2*1-2-4-6-5-3-1;1-3-5-4-2;2*1-2/h2*1-6H;3-5H2,1-2H3;2*2H2,1H3. The van der Waals surface area contributed by atoms with E-state index in [2.05, 4.69) is 25.3 Å². The molecule has 0 aromatic heterocycles. The highest BCUT2D eigenvalue weighted by Crippen LogP contribution is 1.88. The Morgan fingerprint density at radius 3 is 0.619 bits per heavy atom. The van der Waals surface area contributed by atoms with Crippen molar-refractivity contribution >= 4 is 0 Å². The molecule has 0 radical (unpaired) electrons. The molecule has 0 saturated carbocycles. The van der Waals surface area contributed by atoms with Crippen LogP contribution in [-0.2, 0) is 0 Å². The molecule has 2 nitrogen and oxygen atoms in total. The second kappa shape index (κ2) is 31.0. The molecular formula is C19H34N2. The maximum Gasteiger partial charge on any atom is -0.0195 e. The molecule has 2 rings (SSSR count). The summed E-state index contributed by atoms with van der Waals surface area (Å²) in [4.78, 5) is 0. The van der Waals surface area contributed by atoms with E-state index in [-0.39, 0.29) is 0 Å². The van der Waals surface area contributed by atoms with Crippen molar-refractivity contribution in [2.24, 2.45) is 11.5 Å². The van der Waals surface area contributed by atoms with E-state index in [1.807, 2.05) is 72.8 Å². The number of hydrogen-bond acceptors (Lipinski definition) is 2. The maximum absolute atomic E-state index is 4.50. The maximum atomic E-state index is 4.50. The van der Waals surface area contributed by atoms with Crippen molar-refractivity contribution in [3.63, 3.8) is 0 Å². The average molecular weight is 290 g/mol. The molecule has 0 amide bonds. The van der Waals surface area contributed by atoms with Crippen molar-refractivity contribution in [2.75, 3.05) is 14.1 Å². The lowest BCUT2D eigenvalue weighted by Crippen LogP contribution is -1.69. The Kier molecular flexibility index (Phi) is 36.0. The van der Waals surface area contributed by atoms with Gasteiger partial charge in [0.05, 0.1) is 0 Å². The van der Waals surface area contributed by atoms with Crippen LogP contribution >= 0.6 is 0 Å². The average Bonchev–Trinajstić information content (AvgIpc) is 2.63. The molecule has 21 heavy (non-hydrogen) atoms. The molecule has 4 N–H and O–H groups in total. The molecule has 0 fully saturated rings. The zero-order chi connectivity index (χ0) is 16.6. The fourth-order valence-corrected chi connectivity index (χ4v) is 1.12. The summed E-state index contributed by atoms with van der Waals surface area (Å²) >= 11 is 0. The van der Waals surface area contributed by atoms with Gasteiger partial charge in [-0.25, -0.2) is 0 Å². The molecule has 0 aliphatic rings. The monoisotopic (exact) mass is 290 g/mol. The summed E-state index contributed by atoms with van der Waals surface area (Å²) in [6.07, 6.45) is 4.08. The second-order valence-electron chi connectivity index (χ2n) is 3.66. The summed E-state index contributed by atoms with van der Waals surface area (Å²) in [5.41, 5.74) is 9.00. The van der Waals surface area contributed by atoms with Crippen molar-refractivity contribution in [2.45, 2.75) is 33.1 Å². The first-order valence-corrected chi connectivity index (χ1v) is 7.57. The number of unbranched alkanes of at least 4 members (excludes halogenated alkanes) is 2. The predicted octanol–water partition coefficient (Wildman–Crippen LogP) is 4.72. The first-order chi connectivity index (χ1) is 10.4. The van der Waals surface area contributed by atoms with Gasteiger partial charge in [-0.2, -0.15) is 0 Å². The van der Waals surface area contributed by atoms with Gasteiger partial charge in [0.2, 0.25) is 0 Å². The minimum absolute atomic E-state index is 1.34. The summed E-state index contributed by atoms with van der Waals surface area (Å²) in [6, 6.07) is 24.0. The number of rotatable bonds is 2. The highest BCUT2D eigenvalue weighted by Gasteiger charge is 1.68. The largest absolute Gasteiger partial charge is 0.333 e. The number of benzene rings is 2. The lowest BCUT2D eigenvalue weighted by molar-refractivity contribution is 0.772. The van der Waals surface area contributed by atoms with E-state index in [1.165, 1.54) is 33.4 Å². The van der Waals surface area contributed by atoms with E-state index in [4.69, 9.17) is 0 Å². The quantitative estimate of drug-likeness (QED) is 0.841. The van der Waals surface area contributed by atoms with Crippen molar-refractivity contribution < 1.29 is 0 Å². The van der Waals surface area contributed by atoms with Gasteiger partial charge in [-0.1, -0.05) is 106 Å². The van der Waals surface area contributed by atoms with Gasteiger partial charge < -0.3 is 11.5 Å². The lowest BCUT2D eigenvalue weighted by Gasteiger charge is -1.79. The molecule has 0 saturated heterocycles. The van der Waals surface area contributed by atoms with Gasteiger partial charge in [0, 0.05) is 0 Å². The Bertz CT molecular complexity index is 222. The normalized spacial score (nSPS) is 7.14. The molecule has 120 valence electrons. The van der Waals surface area contributed by atoms with E-state index in [0.717, 1.165) is 0 Å². The van der Waals surface area contributed by atoms with Crippen LogP contribution in [0.5, 0.6) is 0 Å². The molecule has 0 unspecified atom stereocenters. The van der Waals surface area contributed by atoms with Crippen LogP contribution in [0.3, 0.4) is 0 Å². The predicted molar refractivity (Wildman–Crippen MR) is 98.3 cm³/mol. The van der Waals surface area contributed by atoms with Gasteiger partial charge in [-0.15, -0.1) is 0 Å². The Balaban J connectivity index is -0.000000208. The van der Waals surface area contributed by atoms with Gasteiger partial charge in [0.15, 0.2) is 0 Å². The Hall–Kier alpha value is -1.64. The van der Waals surface area contributed by atoms with Crippen molar-refractivity contribution in [3.05, 3.63) is 72.8 Å². The molecule has 2 aromatic rings. The van der Waals surface area contributed by atoms with Gasteiger partial charge in [0.1, 0.15) is 0 Å². The molecular weight excluding hydrogens is 256 g/mol. The molecule has 0 bridgehead atoms. The Morgan fingerprint density at radius 1 is 0.429 bits per heavy atom. The summed E-state index contributed by atoms with van der Waals surface area (Å²) in [7, 11) is 3.00. The van der Waals surface area contributed by atoms with Gasteiger partial charge in [-0.05, 0) is 14.1 Å². The van der Waals surface area contributed by atoms with Crippen LogP contribution in [0.2, 0.25) is 0 Å². The lowest BCUT2D eigenvalue weighted by atomic mass is 10.3. The summed E-state index contributed by atoms with van der Waals surface area (Å²) in [5.74, 6) is 0. The highest BCUT2D eigenvalue weighted by molar-refractivity contribution is 4.99. The highest BCUT2D eigenvalue weighted by atomic mass is 14.4. The van der Waals surface area contributed by atoms with E-state index in [0.29, 0.717) is 0 Å². The van der Waals surface area contributed by atoms with Crippen molar-refractivity contribution in [1.82, 2.24) is 0 Å². The van der Waals surface area contributed by atoms with Crippen LogP contribution in [-0.4, -0.2) is 14.1 Å². The van der Waals surface area contributed by atoms with Gasteiger partial charge in [-0.3, -0.25) is 0 Å². The molecule has 0 heterocycles. The van der Waals surface area contributed by atoms with Crippen LogP contribution in [0.25, 0.3) is 0 Å². The van der Waals surface area contributed by atoms with Crippen LogP contribution in [0.15, 0.2) is 72.8 Å². The van der Waals surface area contributed by atoms with E-state index >= 15 is 0 Å². The molecule has 2 heteroatoms. The van der Waals surface area contributed by atoms with Crippen LogP contribution in [0, 0.1) is 0 Å². The second-order valence-corrected chi connectivity index (χ2v) is 3.66. The Labute approximate surface area is 132 Å². The summed E-state index contributed by atoms with van der Waals surface area (Å²) < 4.78 is 0. The molecule has 0 atom stereocenters. The summed E-state index contributed by atoms with van der Waals surface area (Å²) in [6.45, 7) is 4.42. The molecule has 0 aliphatic heterocycles. The number of nitrogens with two attached hydrogens (primary N) is 2. The topological polar surface area (TPSA) is 52.0 Å². The summed E-state index contributed by atoms with van der Waals surface area (Å²) in [5, 5.41) is 0. The van der Waals surface area contributed by atoms with Crippen molar-refractivity contribution in [3.8, 4) is 0 Å².